The standard InChI is InChI=1S/C16H16O/c17-14-10-13-8-4-5-9-15(13)16(11-14)12-6-2-1-3-7-12/h1-9,14,16-17H,10-11H2/t14-,16+/m0/s1. The molecule has 0 aromatic heterocycles. The Kier molecular flexibility index (Phi) is 2.69. The molecule has 2 atom stereocenters. The van der Waals surface area contributed by atoms with Crippen LogP contribution in [-0.2, 0) is 6.42 Å². The molecule has 0 saturated heterocycles. The Bertz CT molecular complexity index is 504. The van der Waals surface area contributed by atoms with Crippen LogP contribution in [0.15, 0.2) is 54.6 Å². The van der Waals surface area contributed by atoms with Crippen molar-refractivity contribution in [2.75, 3.05) is 0 Å². The van der Waals surface area contributed by atoms with Crippen LogP contribution in [0.25, 0.3) is 0 Å². The van der Waals surface area contributed by atoms with Crippen LogP contribution in [0.4, 0.5) is 0 Å². The minimum absolute atomic E-state index is 0.213. The number of aliphatic hydroxyl groups is 1. The number of hydrogen-bond donors (Lipinski definition) is 1. The summed E-state index contributed by atoms with van der Waals surface area (Å²) in [6.07, 6.45) is 1.41. The fraction of sp³-hybridized carbons (Fsp3) is 0.250. The molecule has 1 aliphatic rings. The third kappa shape index (κ3) is 1.98. The van der Waals surface area contributed by atoms with E-state index < -0.39 is 0 Å². The van der Waals surface area contributed by atoms with E-state index in [0.717, 1.165) is 12.8 Å². The zero-order chi connectivity index (χ0) is 11.7. The first-order valence-corrected chi connectivity index (χ1v) is 6.15. The van der Waals surface area contributed by atoms with Crippen molar-refractivity contribution in [2.45, 2.75) is 24.9 Å². The Morgan fingerprint density at radius 2 is 1.59 bits per heavy atom. The van der Waals surface area contributed by atoms with Crippen molar-refractivity contribution in [3.05, 3.63) is 71.3 Å². The van der Waals surface area contributed by atoms with Crippen molar-refractivity contribution < 1.29 is 5.11 Å². The summed E-state index contributed by atoms with van der Waals surface area (Å²) in [6, 6.07) is 18.9. The third-order valence-corrected chi connectivity index (χ3v) is 3.60. The van der Waals surface area contributed by atoms with E-state index in [1.807, 2.05) is 6.07 Å². The van der Waals surface area contributed by atoms with Crippen LogP contribution in [0.1, 0.15) is 29.0 Å². The lowest BCUT2D eigenvalue weighted by atomic mass is 9.78. The van der Waals surface area contributed by atoms with Gasteiger partial charge in [0.25, 0.3) is 0 Å². The van der Waals surface area contributed by atoms with E-state index in [9.17, 15) is 5.11 Å². The van der Waals surface area contributed by atoms with Gasteiger partial charge in [0.15, 0.2) is 0 Å². The highest BCUT2D eigenvalue weighted by Gasteiger charge is 2.26. The second kappa shape index (κ2) is 4.34. The van der Waals surface area contributed by atoms with Gasteiger partial charge in [0.05, 0.1) is 6.10 Å². The number of aliphatic hydroxyl groups excluding tert-OH is 1. The molecule has 1 nitrogen and oxygen atoms in total. The van der Waals surface area contributed by atoms with Gasteiger partial charge in [0.2, 0.25) is 0 Å². The van der Waals surface area contributed by atoms with Gasteiger partial charge in [-0.25, -0.2) is 0 Å². The zero-order valence-electron chi connectivity index (χ0n) is 9.71. The first-order chi connectivity index (χ1) is 8.34. The van der Waals surface area contributed by atoms with Crippen LogP contribution in [-0.4, -0.2) is 11.2 Å². The molecule has 0 spiro atoms. The Morgan fingerprint density at radius 3 is 2.41 bits per heavy atom. The van der Waals surface area contributed by atoms with Crippen molar-refractivity contribution in [3.63, 3.8) is 0 Å². The highest BCUT2D eigenvalue weighted by atomic mass is 16.3. The van der Waals surface area contributed by atoms with Gasteiger partial charge < -0.3 is 5.11 Å². The van der Waals surface area contributed by atoms with Gasteiger partial charge in [-0.05, 0) is 29.5 Å². The molecule has 1 aliphatic carbocycles. The smallest absolute Gasteiger partial charge is 0.0589 e. The molecule has 3 rings (SSSR count). The van der Waals surface area contributed by atoms with E-state index in [2.05, 4.69) is 48.5 Å². The predicted molar refractivity (Wildman–Crippen MR) is 69.1 cm³/mol. The quantitative estimate of drug-likeness (QED) is 0.789. The van der Waals surface area contributed by atoms with E-state index in [4.69, 9.17) is 0 Å². The highest BCUT2D eigenvalue weighted by Crippen LogP contribution is 2.36. The van der Waals surface area contributed by atoms with E-state index in [0.29, 0.717) is 5.92 Å². The molecule has 0 unspecified atom stereocenters. The molecule has 86 valence electrons. The fourth-order valence-corrected chi connectivity index (χ4v) is 2.80. The van der Waals surface area contributed by atoms with Gasteiger partial charge in [-0.3, -0.25) is 0 Å². The molecule has 0 radical (unpaired) electrons. The van der Waals surface area contributed by atoms with Crippen LogP contribution in [0, 0.1) is 0 Å². The Labute approximate surface area is 102 Å². The average molecular weight is 224 g/mol. The monoisotopic (exact) mass is 224 g/mol. The first kappa shape index (κ1) is 10.5. The Balaban J connectivity index is 2.07. The molecule has 1 heteroatoms. The van der Waals surface area contributed by atoms with Crippen LogP contribution in [0.3, 0.4) is 0 Å². The summed E-state index contributed by atoms with van der Waals surface area (Å²) >= 11 is 0. The summed E-state index contributed by atoms with van der Waals surface area (Å²) in [5.41, 5.74) is 3.97. The molecule has 2 aromatic rings. The van der Waals surface area contributed by atoms with Crippen molar-refractivity contribution >= 4 is 0 Å². The second-order valence-corrected chi connectivity index (χ2v) is 4.76. The molecular weight excluding hydrogens is 208 g/mol. The SMILES string of the molecule is O[C@H]1Cc2ccccc2[C@@H](c2ccccc2)C1. The van der Waals surface area contributed by atoms with Gasteiger partial charge in [-0.1, -0.05) is 54.6 Å². The maximum absolute atomic E-state index is 9.99. The van der Waals surface area contributed by atoms with Crippen molar-refractivity contribution in [1.82, 2.24) is 0 Å². The minimum atomic E-state index is -0.213. The van der Waals surface area contributed by atoms with Gasteiger partial charge in [0.1, 0.15) is 0 Å². The molecule has 2 aromatic carbocycles. The number of benzene rings is 2. The topological polar surface area (TPSA) is 20.2 Å². The van der Waals surface area contributed by atoms with Gasteiger partial charge in [-0.2, -0.15) is 0 Å². The maximum Gasteiger partial charge on any atom is 0.0589 e. The molecule has 0 aliphatic heterocycles. The second-order valence-electron chi connectivity index (χ2n) is 4.76. The summed E-state index contributed by atoms with van der Waals surface area (Å²) in [6.45, 7) is 0. The number of hydrogen-bond acceptors (Lipinski definition) is 1. The van der Waals surface area contributed by atoms with Crippen LogP contribution in [0.5, 0.6) is 0 Å². The van der Waals surface area contributed by atoms with E-state index in [-0.39, 0.29) is 6.10 Å². The molecular formula is C16H16O. The molecule has 0 saturated carbocycles. The van der Waals surface area contributed by atoms with Crippen LogP contribution in [0.2, 0.25) is 0 Å². The lowest BCUT2D eigenvalue weighted by molar-refractivity contribution is 0.152. The zero-order valence-corrected chi connectivity index (χ0v) is 9.71. The third-order valence-electron chi connectivity index (χ3n) is 3.60. The molecule has 17 heavy (non-hydrogen) atoms. The molecule has 0 fully saturated rings. The Morgan fingerprint density at radius 1 is 0.882 bits per heavy atom. The minimum Gasteiger partial charge on any atom is -0.393 e. The molecule has 0 bridgehead atoms. The summed E-state index contributed by atoms with van der Waals surface area (Å²) in [7, 11) is 0. The molecule has 0 amide bonds. The lowest BCUT2D eigenvalue weighted by Gasteiger charge is -2.29. The lowest BCUT2D eigenvalue weighted by Crippen LogP contribution is -2.23. The van der Waals surface area contributed by atoms with Crippen molar-refractivity contribution in [1.29, 1.82) is 0 Å². The first-order valence-electron chi connectivity index (χ1n) is 6.15. The van der Waals surface area contributed by atoms with Crippen LogP contribution >= 0.6 is 0 Å². The highest BCUT2D eigenvalue weighted by molar-refractivity contribution is 5.40. The predicted octanol–water partition coefficient (Wildman–Crippen LogP) is 3.13. The fourth-order valence-electron chi connectivity index (χ4n) is 2.80. The van der Waals surface area contributed by atoms with E-state index in [1.54, 1.807) is 0 Å². The largest absolute Gasteiger partial charge is 0.393 e. The van der Waals surface area contributed by atoms with E-state index in [1.165, 1.54) is 16.7 Å². The Hall–Kier alpha value is -1.60. The maximum atomic E-state index is 9.99. The average Bonchev–Trinajstić information content (AvgIpc) is 2.39. The number of fused-ring (bicyclic) bond motifs is 1. The summed E-state index contributed by atoms with van der Waals surface area (Å²) in [5, 5.41) is 9.99. The van der Waals surface area contributed by atoms with Gasteiger partial charge in [-0.15, -0.1) is 0 Å². The van der Waals surface area contributed by atoms with Crippen molar-refractivity contribution in [3.8, 4) is 0 Å². The molecule has 0 heterocycles. The summed E-state index contributed by atoms with van der Waals surface area (Å²) in [4.78, 5) is 0. The summed E-state index contributed by atoms with van der Waals surface area (Å²) < 4.78 is 0. The van der Waals surface area contributed by atoms with E-state index >= 15 is 0 Å². The normalized spacial score (nSPS) is 23.1. The summed E-state index contributed by atoms with van der Waals surface area (Å²) in [5.74, 6) is 0.344. The van der Waals surface area contributed by atoms with Gasteiger partial charge >= 0.3 is 0 Å². The number of rotatable bonds is 1. The molecule has 1 N–H and O–H groups in total. The van der Waals surface area contributed by atoms with Crippen LogP contribution < -0.4 is 0 Å². The van der Waals surface area contributed by atoms with Crippen molar-refractivity contribution in [2.24, 2.45) is 0 Å². The van der Waals surface area contributed by atoms with Gasteiger partial charge in [0, 0.05) is 5.92 Å².